The highest BCUT2D eigenvalue weighted by Gasteiger charge is 2.38. The second-order valence-electron chi connectivity index (χ2n) is 9.44. The third-order valence-corrected chi connectivity index (χ3v) is 7.66. The Morgan fingerprint density at radius 2 is 1.75 bits per heavy atom. The van der Waals surface area contributed by atoms with Crippen LogP contribution >= 0.6 is 11.8 Å². The van der Waals surface area contributed by atoms with Crippen molar-refractivity contribution < 1.29 is 36.2 Å². The first kappa shape index (κ1) is 27.0. The van der Waals surface area contributed by atoms with Crippen LogP contribution in [0, 0.1) is 5.92 Å². The number of nitrogens with one attached hydrogen (secondary N) is 1. The molecule has 3 aliphatic rings. The number of benzene rings is 1. The Morgan fingerprint density at radius 1 is 1.06 bits per heavy atom. The van der Waals surface area contributed by atoms with E-state index in [1.165, 1.54) is 0 Å². The number of carbonyl (C=O) groups excluding carboxylic acids is 1. The van der Waals surface area contributed by atoms with Gasteiger partial charge in [0.15, 0.2) is 0 Å². The van der Waals surface area contributed by atoms with Gasteiger partial charge in [-0.1, -0.05) is 25.0 Å². The van der Waals surface area contributed by atoms with Crippen LogP contribution in [0.4, 0.5) is 31.1 Å². The average Bonchev–Trinajstić information content (AvgIpc) is 3.14. The number of rotatable bonds is 4. The predicted octanol–water partition coefficient (Wildman–Crippen LogP) is 5.98. The Labute approximate surface area is 209 Å². The molecule has 12 heteroatoms. The minimum atomic E-state index is -4.89. The number of amidine groups is 1. The Hall–Kier alpha value is -2.05. The third kappa shape index (κ3) is 6.63. The molecule has 5 nitrogen and oxygen atoms in total. The van der Waals surface area contributed by atoms with Crippen LogP contribution < -0.4 is 5.32 Å². The molecule has 0 aromatic heterocycles. The zero-order valence-electron chi connectivity index (χ0n) is 19.3. The van der Waals surface area contributed by atoms with Crippen molar-refractivity contribution in [1.82, 2.24) is 10.2 Å². The predicted molar refractivity (Wildman–Crippen MR) is 124 cm³/mol. The van der Waals surface area contributed by atoms with E-state index in [9.17, 15) is 36.2 Å². The Morgan fingerprint density at radius 3 is 2.39 bits per heavy atom. The zero-order chi connectivity index (χ0) is 26.1. The number of piperidine rings is 1. The van der Waals surface area contributed by atoms with E-state index in [1.807, 2.05) is 6.08 Å². The number of aliphatic hydroxyl groups excluding tert-OH is 1. The molecule has 1 amide bonds. The number of aliphatic imine (C=N–C) groups is 1. The molecular formula is C24H27F6N3O2S. The molecule has 1 saturated heterocycles. The van der Waals surface area contributed by atoms with Gasteiger partial charge in [0, 0.05) is 6.54 Å². The summed E-state index contributed by atoms with van der Waals surface area (Å²) in [5, 5.41) is 13.1. The second kappa shape index (κ2) is 10.7. The van der Waals surface area contributed by atoms with Gasteiger partial charge >= 0.3 is 17.6 Å². The molecule has 2 atom stereocenters. The lowest BCUT2D eigenvalue weighted by molar-refractivity contribution is -0.143. The van der Waals surface area contributed by atoms with Gasteiger partial charge in [0.1, 0.15) is 5.84 Å². The Bertz CT molecular complexity index is 1030. The van der Waals surface area contributed by atoms with Crippen molar-refractivity contribution in [3.05, 3.63) is 45.9 Å². The molecule has 0 spiro atoms. The molecule has 2 N–H and O–H groups in total. The number of hydrogen-bond acceptors (Lipinski definition) is 5. The molecule has 1 aromatic carbocycles. The molecule has 1 aromatic rings. The molecule has 1 aliphatic carbocycles. The number of allylic oxidation sites excluding steroid dienone is 1. The van der Waals surface area contributed by atoms with E-state index in [2.05, 4.69) is 10.3 Å². The lowest BCUT2D eigenvalue weighted by Crippen LogP contribution is -2.45. The maximum absolute atomic E-state index is 13.5. The molecule has 0 radical (unpaired) electrons. The van der Waals surface area contributed by atoms with E-state index in [0.29, 0.717) is 49.2 Å². The minimum absolute atomic E-state index is 0.0765. The quantitative estimate of drug-likeness (QED) is 0.465. The summed E-state index contributed by atoms with van der Waals surface area (Å²) in [6.07, 6.45) is -3.62. The number of halogens is 6. The summed E-state index contributed by atoms with van der Waals surface area (Å²) in [5.41, 5.74) is -2.77. The van der Waals surface area contributed by atoms with Crippen LogP contribution in [0.15, 0.2) is 34.2 Å². The van der Waals surface area contributed by atoms with Crippen LogP contribution in [0.1, 0.15) is 55.2 Å². The molecule has 0 bridgehead atoms. The highest BCUT2D eigenvalue weighted by atomic mass is 32.2. The van der Waals surface area contributed by atoms with Gasteiger partial charge in [-0.25, -0.2) is 0 Å². The first-order valence-electron chi connectivity index (χ1n) is 11.9. The minimum Gasteiger partial charge on any atom is -0.391 e. The standard InChI is InChI=1S/C24H27F6N3O2S/c25-23(26,27)16-6-5-15(17(12-16)24(28,29)30)13-33-9-7-14(8-10-33)11-20-21(32-22(35)36-20)31-18-3-1-2-4-19(18)34/h5-6,11-12,14,18-19,34H,1-4,7-10,13H2,(H,31,32,35)/t18-,19-/m0/s1. The number of alkyl halides is 6. The fourth-order valence-corrected chi connectivity index (χ4v) is 5.66. The molecule has 198 valence electrons. The van der Waals surface area contributed by atoms with E-state index in [-0.39, 0.29) is 35.4 Å². The molecule has 36 heavy (non-hydrogen) atoms. The van der Waals surface area contributed by atoms with Gasteiger partial charge in [-0.05, 0) is 74.1 Å². The molecule has 4 rings (SSSR count). The largest absolute Gasteiger partial charge is 0.416 e. The molecule has 2 aliphatic heterocycles. The number of amides is 1. The van der Waals surface area contributed by atoms with Gasteiger partial charge in [-0.2, -0.15) is 31.3 Å². The maximum atomic E-state index is 13.5. The van der Waals surface area contributed by atoms with Crippen molar-refractivity contribution in [3.8, 4) is 0 Å². The molecule has 2 fully saturated rings. The number of hydrogen-bond donors (Lipinski definition) is 2. The maximum Gasteiger partial charge on any atom is 0.416 e. The number of likely N-dealkylation sites (tertiary alicyclic amines) is 1. The normalized spacial score (nSPS) is 25.9. The summed E-state index contributed by atoms with van der Waals surface area (Å²) in [6.45, 7) is 0.830. The Kier molecular flexibility index (Phi) is 8.06. The zero-order valence-corrected chi connectivity index (χ0v) is 20.1. The van der Waals surface area contributed by atoms with Crippen LogP contribution in [-0.4, -0.2) is 46.3 Å². The van der Waals surface area contributed by atoms with Crippen LogP contribution in [0.2, 0.25) is 0 Å². The molecule has 1 saturated carbocycles. The fourth-order valence-electron chi connectivity index (χ4n) is 4.87. The van der Waals surface area contributed by atoms with Crippen LogP contribution in [0.3, 0.4) is 0 Å². The number of carbonyl (C=O) groups is 1. The van der Waals surface area contributed by atoms with Crippen molar-refractivity contribution in [2.45, 2.75) is 69.6 Å². The molecular weight excluding hydrogens is 508 g/mol. The van der Waals surface area contributed by atoms with Crippen LogP contribution in [-0.2, 0) is 18.9 Å². The molecule has 0 unspecified atom stereocenters. The highest BCUT2D eigenvalue weighted by molar-refractivity contribution is 8.18. The third-order valence-electron chi connectivity index (χ3n) is 6.84. The van der Waals surface area contributed by atoms with Crippen LogP contribution in [0.25, 0.3) is 0 Å². The van der Waals surface area contributed by atoms with Gasteiger partial charge < -0.3 is 10.4 Å². The van der Waals surface area contributed by atoms with Crippen molar-refractivity contribution in [2.75, 3.05) is 13.1 Å². The van der Waals surface area contributed by atoms with E-state index in [4.69, 9.17) is 0 Å². The summed E-state index contributed by atoms with van der Waals surface area (Å²) in [5.74, 6) is 0.533. The fraction of sp³-hybridized carbons (Fsp3) is 0.583. The highest BCUT2D eigenvalue weighted by Crippen LogP contribution is 2.38. The van der Waals surface area contributed by atoms with Gasteiger partial charge in [0.05, 0.1) is 28.2 Å². The van der Waals surface area contributed by atoms with E-state index in [0.717, 1.165) is 37.1 Å². The van der Waals surface area contributed by atoms with E-state index in [1.54, 1.807) is 4.90 Å². The van der Waals surface area contributed by atoms with Crippen molar-refractivity contribution >= 4 is 22.8 Å². The van der Waals surface area contributed by atoms with Gasteiger partial charge in [0.25, 0.3) is 0 Å². The first-order valence-corrected chi connectivity index (χ1v) is 12.7. The van der Waals surface area contributed by atoms with E-state index >= 15 is 0 Å². The average molecular weight is 536 g/mol. The van der Waals surface area contributed by atoms with Crippen LogP contribution in [0.5, 0.6) is 0 Å². The van der Waals surface area contributed by atoms with E-state index < -0.39 is 29.6 Å². The van der Waals surface area contributed by atoms with Gasteiger partial charge in [-0.15, -0.1) is 0 Å². The second-order valence-corrected chi connectivity index (χ2v) is 10.4. The SMILES string of the molecule is O=C1N=C(N[C@H]2CCCC[C@@H]2O)C(=CC2CCN(Cc3ccc(C(F)(F)F)cc3C(F)(F)F)CC2)S1. The van der Waals surface area contributed by atoms with Gasteiger partial charge in [0.2, 0.25) is 0 Å². The topological polar surface area (TPSA) is 64.9 Å². The summed E-state index contributed by atoms with van der Waals surface area (Å²) in [4.78, 5) is 18.5. The monoisotopic (exact) mass is 535 g/mol. The van der Waals surface area contributed by atoms with Crippen molar-refractivity contribution in [1.29, 1.82) is 0 Å². The van der Waals surface area contributed by atoms with Gasteiger partial charge in [-0.3, -0.25) is 9.69 Å². The summed E-state index contributed by atoms with van der Waals surface area (Å²) >= 11 is 1.01. The number of nitrogens with zero attached hydrogens (tertiary/aromatic N) is 2. The smallest absolute Gasteiger partial charge is 0.391 e. The first-order chi connectivity index (χ1) is 16.9. The lowest BCUT2D eigenvalue weighted by Gasteiger charge is -2.32. The number of aliphatic hydroxyl groups is 1. The lowest BCUT2D eigenvalue weighted by atomic mass is 9.92. The summed E-state index contributed by atoms with van der Waals surface area (Å²) in [7, 11) is 0. The van der Waals surface area contributed by atoms with Crippen molar-refractivity contribution in [3.63, 3.8) is 0 Å². The summed E-state index contributed by atoms with van der Waals surface area (Å²) < 4.78 is 79.2. The number of thioether (sulfide) groups is 1. The summed E-state index contributed by atoms with van der Waals surface area (Å²) in [6, 6.07) is 1.61. The molecule has 2 heterocycles. The van der Waals surface area contributed by atoms with Crippen molar-refractivity contribution in [2.24, 2.45) is 10.9 Å². The Balaban J connectivity index is 1.39.